The predicted octanol–water partition coefficient (Wildman–Crippen LogP) is 2.82. The minimum Gasteiger partial charge on any atom is -0.305 e. The molecule has 1 aromatic heterocycles. The average molecular weight is 504 g/mol. The molecule has 3 aromatic rings. The fourth-order valence-electron chi connectivity index (χ4n) is 4.01. The SMILES string of the molecule is O=C1C=Cc2ccccc2C1=CNNC(=O)c1cccc(C(=O)NNC=C2C(=O)C=Cc3ccccc32)n1. The highest BCUT2D eigenvalue weighted by Crippen LogP contribution is 2.26. The largest absolute Gasteiger partial charge is 0.305 e. The molecular weight excluding hydrogens is 482 g/mol. The summed E-state index contributed by atoms with van der Waals surface area (Å²) in [5.74, 6) is -1.59. The molecule has 0 unspecified atom stereocenters. The molecular formula is C29H21N5O4. The van der Waals surface area contributed by atoms with Crippen molar-refractivity contribution in [3.63, 3.8) is 0 Å². The van der Waals surface area contributed by atoms with Gasteiger partial charge in [0.2, 0.25) is 0 Å². The monoisotopic (exact) mass is 503 g/mol. The van der Waals surface area contributed by atoms with Crippen molar-refractivity contribution in [2.75, 3.05) is 0 Å². The Morgan fingerprint density at radius 1 is 0.579 bits per heavy atom. The van der Waals surface area contributed by atoms with Gasteiger partial charge in [0.05, 0.1) is 0 Å². The van der Waals surface area contributed by atoms with Gasteiger partial charge in [-0.05, 0) is 46.5 Å². The zero-order chi connectivity index (χ0) is 26.5. The van der Waals surface area contributed by atoms with Crippen LogP contribution in [0.2, 0.25) is 0 Å². The lowest BCUT2D eigenvalue weighted by Gasteiger charge is -2.14. The molecule has 0 spiro atoms. The molecule has 2 aliphatic rings. The standard InChI is InChI=1S/C29H21N5O4/c35-26-14-12-18-6-1-3-8-20(18)22(26)16-30-33-28(37)24-10-5-11-25(32-24)29(38)34-31-17-23-21-9-4-2-7-19(21)13-15-27(23)36/h1-17,30-31H,(H,33,37)(H,34,38). The molecule has 9 heteroatoms. The quantitative estimate of drug-likeness (QED) is 0.301. The lowest BCUT2D eigenvalue weighted by molar-refractivity contribution is -0.110. The molecule has 0 saturated carbocycles. The zero-order valence-corrected chi connectivity index (χ0v) is 19.9. The Morgan fingerprint density at radius 3 is 1.50 bits per heavy atom. The van der Waals surface area contributed by atoms with E-state index in [-0.39, 0.29) is 23.0 Å². The van der Waals surface area contributed by atoms with Crippen LogP contribution in [0.4, 0.5) is 0 Å². The number of benzene rings is 2. The van der Waals surface area contributed by atoms with Crippen LogP contribution in [0.15, 0.2) is 91.3 Å². The van der Waals surface area contributed by atoms with Crippen LogP contribution in [-0.2, 0) is 9.59 Å². The summed E-state index contributed by atoms with van der Waals surface area (Å²) in [7, 11) is 0. The van der Waals surface area contributed by atoms with Crippen LogP contribution in [0.5, 0.6) is 0 Å². The molecule has 2 amide bonds. The highest BCUT2D eigenvalue weighted by Gasteiger charge is 2.18. The van der Waals surface area contributed by atoms with Crippen molar-refractivity contribution < 1.29 is 19.2 Å². The van der Waals surface area contributed by atoms with Gasteiger partial charge in [-0.25, -0.2) is 4.98 Å². The van der Waals surface area contributed by atoms with Gasteiger partial charge in [-0.1, -0.05) is 66.7 Å². The van der Waals surface area contributed by atoms with Crippen molar-refractivity contribution in [2.24, 2.45) is 0 Å². The van der Waals surface area contributed by atoms with Gasteiger partial charge in [0.15, 0.2) is 11.6 Å². The molecule has 38 heavy (non-hydrogen) atoms. The Labute approximate surface area is 217 Å². The van der Waals surface area contributed by atoms with Crippen molar-refractivity contribution in [1.82, 2.24) is 26.7 Å². The van der Waals surface area contributed by atoms with Crippen molar-refractivity contribution >= 4 is 46.7 Å². The van der Waals surface area contributed by atoms with E-state index in [0.29, 0.717) is 11.1 Å². The minimum atomic E-state index is -0.602. The maximum Gasteiger partial charge on any atom is 0.288 e. The number of rotatable bonds is 6. The van der Waals surface area contributed by atoms with Crippen LogP contribution in [0.3, 0.4) is 0 Å². The summed E-state index contributed by atoms with van der Waals surface area (Å²) in [4.78, 5) is 53.9. The zero-order valence-electron chi connectivity index (χ0n) is 19.9. The molecule has 0 aliphatic heterocycles. The van der Waals surface area contributed by atoms with E-state index in [1.165, 1.54) is 42.8 Å². The number of carbonyl (C=O) groups is 4. The number of amides is 2. The summed E-state index contributed by atoms with van der Waals surface area (Å²) >= 11 is 0. The van der Waals surface area contributed by atoms with E-state index in [2.05, 4.69) is 26.7 Å². The van der Waals surface area contributed by atoms with Crippen LogP contribution in [0.1, 0.15) is 43.2 Å². The Hall–Kier alpha value is -5.57. The van der Waals surface area contributed by atoms with Crippen molar-refractivity contribution in [3.05, 3.63) is 125 Å². The molecule has 0 radical (unpaired) electrons. The maximum atomic E-state index is 12.6. The Bertz CT molecular complexity index is 1480. The molecule has 186 valence electrons. The number of carbonyl (C=O) groups excluding carboxylic acids is 4. The Balaban J connectivity index is 1.21. The average Bonchev–Trinajstić information content (AvgIpc) is 2.95. The van der Waals surface area contributed by atoms with Gasteiger partial charge in [-0.2, -0.15) is 0 Å². The van der Waals surface area contributed by atoms with E-state index in [1.54, 1.807) is 12.2 Å². The molecule has 0 atom stereocenters. The highest BCUT2D eigenvalue weighted by molar-refractivity contribution is 6.30. The molecule has 0 bridgehead atoms. The number of aromatic nitrogens is 1. The van der Waals surface area contributed by atoms with Crippen LogP contribution in [-0.4, -0.2) is 28.4 Å². The Kier molecular flexibility index (Phi) is 6.73. The van der Waals surface area contributed by atoms with Crippen LogP contribution < -0.4 is 21.7 Å². The summed E-state index contributed by atoms with van der Waals surface area (Å²) in [6, 6.07) is 19.2. The summed E-state index contributed by atoms with van der Waals surface area (Å²) in [5, 5.41) is 0. The number of nitrogens with one attached hydrogen (secondary N) is 4. The number of hydrogen-bond donors (Lipinski definition) is 4. The third-order valence-electron chi connectivity index (χ3n) is 5.88. The second-order valence-electron chi connectivity index (χ2n) is 8.29. The van der Waals surface area contributed by atoms with Gasteiger partial charge in [-0.3, -0.25) is 30.0 Å². The van der Waals surface area contributed by atoms with Crippen molar-refractivity contribution in [1.29, 1.82) is 0 Å². The minimum absolute atomic E-state index is 0.0151. The summed E-state index contributed by atoms with van der Waals surface area (Å²) < 4.78 is 0. The molecule has 5 rings (SSSR count). The van der Waals surface area contributed by atoms with Crippen molar-refractivity contribution in [2.45, 2.75) is 0 Å². The van der Waals surface area contributed by atoms with E-state index < -0.39 is 11.8 Å². The van der Waals surface area contributed by atoms with E-state index in [9.17, 15) is 19.2 Å². The number of fused-ring (bicyclic) bond motifs is 2. The second-order valence-corrected chi connectivity index (χ2v) is 8.29. The smallest absolute Gasteiger partial charge is 0.288 e. The molecule has 9 nitrogen and oxygen atoms in total. The van der Waals surface area contributed by atoms with E-state index in [0.717, 1.165) is 22.3 Å². The fraction of sp³-hybridized carbons (Fsp3) is 0. The number of pyridine rings is 1. The molecule has 4 N–H and O–H groups in total. The highest BCUT2D eigenvalue weighted by atomic mass is 16.2. The Morgan fingerprint density at radius 2 is 1.03 bits per heavy atom. The third-order valence-corrected chi connectivity index (χ3v) is 5.88. The first-order valence-corrected chi connectivity index (χ1v) is 11.6. The fourth-order valence-corrected chi connectivity index (χ4v) is 4.01. The van der Waals surface area contributed by atoms with Gasteiger partial charge >= 0.3 is 0 Å². The number of hydrogen-bond acceptors (Lipinski definition) is 7. The van der Waals surface area contributed by atoms with Crippen LogP contribution in [0.25, 0.3) is 23.3 Å². The molecule has 2 aliphatic carbocycles. The van der Waals surface area contributed by atoms with Crippen LogP contribution in [0, 0.1) is 0 Å². The molecule has 0 fully saturated rings. The van der Waals surface area contributed by atoms with Gasteiger partial charge in [0.1, 0.15) is 11.4 Å². The van der Waals surface area contributed by atoms with Crippen molar-refractivity contribution in [3.8, 4) is 0 Å². The first-order chi connectivity index (χ1) is 18.5. The van der Waals surface area contributed by atoms with E-state index in [4.69, 9.17) is 0 Å². The number of nitrogens with zero attached hydrogens (tertiary/aromatic N) is 1. The summed E-state index contributed by atoms with van der Waals surface area (Å²) in [6.07, 6.45) is 9.23. The van der Waals surface area contributed by atoms with Gasteiger partial charge < -0.3 is 10.9 Å². The lowest BCUT2D eigenvalue weighted by Crippen LogP contribution is -2.36. The predicted molar refractivity (Wildman–Crippen MR) is 142 cm³/mol. The number of ketones is 2. The van der Waals surface area contributed by atoms with Gasteiger partial charge in [-0.15, -0.1) is 0 Å². The topological polar surface area (TPSA) is 129 Å². The first-order valence-electron chi connectivity index (χ1n) is 11.6. The number of hydrazine groups is 2. The summed E-state index contributed by atoms with van der Waals surface area (Å²) in [6.45, 7) is 0. The van der Waals surface area contributed by atoms with E-state index >= 15 is 0 Å². The summed E-state index contributed by atoms with van der Waals surface area (Å²) in [5.41, 5.74) is 14.3. The van der Waals surface area contributed by atoms with Gasteiger partial charge in [0.25, 0.3) is 11.8 Å². The second kappa shape index (κ2) is 10.6. The third kappa shape index (κ3) is 5.02. The molecule has 1 heterocycles. The van der Waals surface area contributed by atoms with Crippen LogP contribution >= 0.6 is 0 Å². The molecule has 0 saturated heterocycles. The maximum absolute atomic E-state index is 12.6. The first kappa shape index (κ1) is 24.1. The van der Waals surface area contributed by atoms with E-state index in [1.807, 2.05) is 48.5 Å². The normalized spacial score (nSPS) is 15.6. The number of allylic oxidation sites excluding steroid dienone is 4. The lowest BCUT2D eigenvalue weighted by atomic mass is 9.92. The van der Waals surface area contributed by atoms with Gasteiger partial charge in [0, 0.05) is 23.5 Å². The molecule has 2 aromatic carbocycles.